The second-order valence-corrected chi connectivity index (χ2v) is 3.08. The Morgan fingerprint density at radius 3 is 1.50 bits per heavy atom. The molecule has 0 aromatic carbocycles. The average molecular weight is 302 g/mol. The Morgan fingerprint density at radius 2 is 1.50 bits per heavy atom. The zero-order valence-electron chi connectivity index (χ0n) is 3.57. The summed E-state index contributed by atoms with van der Waals surface area (Å²) in [7, 11) is 0. The Bertz CT molecular complexity index is 87.8. The van der Waals surface area contributed by atoms with Crippen molar-refractivity contribution in [3.05, 3.63) is 0 Å². The van der Waals surface area contributed by atoms with Crippen LogP contribution in [-0.2, 0) is 4.79 Å². The SMILES string of the molecule is O=C(O)C(Cl)(Cl)Cl.[La]. The molecule has 1 radical (unpaired) electrons. The standard InChI is InChI=1S/C2HCl3O2.La/c3-2(4,5)1(6)7;/h(H,6,7);. The molecule has 2 nitrogen and oxygen atoms in total. The van der Waals surface area contributed by atoms with E-state index in [0.29, 0.717) is 0 Å². The van der Waals surface area contributed by atoms with Gasteiger partial charge in [-0.3, -0.25) is 0 Å². The second kappa shape index (κ2) is 4.37. The van der Waals surface area contributed by atoms with E-state index in [4.69, 9.17) is 39.9 Å². The van der Waals surface area contributed by atoms with Crippen molar-refractivity contribution < 1.29 is 45.5 Å². The molecule has 0 aromatic heterocycles. The molecule has 0 saturated carbocycles. The number of hydrogen-bond acceptors (Lipinski definition) is 1. The summed E-state index contributed by atoms with van der Waals surface area (Å²) in [5, 5.41) is 7.85. The molecule has 1 N–H and O–H groups in total. The predicted molar refractivity (Wildman–Crippen MR) is 27.9 cm³/mol. The topological polar surface area (TPSA) is 37.3 Å². The van der Waals surface area contributed by atoms with Gasteiger partial charge in [0, 0.05) is 35.6 Å². The van der Waals surface area contributed by atoms with Gasteiger partial charge >= 0.3 is 5.97 Å². The average Bonchev–Trinajstić information content (AvgIpc) is 1.31. The van der Waals surface area contributed by atoms with Crippen LogP contribution in [0.1, 0.15) is 0 Å². The summed E-state index contributed by atoms with van der Waals surface area (Å²) in [5.74, 6) is -1.46. The van der Waals surface area contributed by atoms with Crippen molar-refractivity contribution in [1.82, 2.24) is 0 Å². The first-order valence-corrected chi connectivity index (χ1v) is 2.38. The Labute approximate surface area is 89.1 Å². The summed E-state index contributed by atoms with van der Waals surface area (Å²) in [6.45, 7) is 0. The van der Waals surface area contributed by atoms with Crippen molar-refractivity contribution in [1.29, 1.82) is 0 Å². The largest absolute Gasteiger partial charge is 0.478 e. The van der Waals surface area contributed by atoms with Gasteiger partial charge in [-0.05, 0) is 0 Å². The molecule has 0 aromatic rings. The van der Waals surface area contributed by atoms with Crippen LogP contribution >= 0.6 is 34.8 Å². The van der Waals surface area contributed by atoms with Crippen LogP contribution in [0, 0.1) is 35.6 Å². The van der Waals surface area contributed by atoms with E-state index in [9.17, 15) is 4.79 Å². The third-order valence-corrected chi connectivity index (χ3v) is 0.728. The number of rotatable bonds is 0. The van der Waals surface area contributed by atoms with Crippen molar-refractivity contribution in [3.63, 3.8) is 0 Å². The van der Waals surface area contributed by atoms with Crippen LogP contribution in [0.4, 0.5) is 0 Å². The summed E-state index contributed by atoms with van der Waals surface area (Å²) in [4.78, 5) is 9.62. The van der Waals surface area contributed by atoms with E-state index < -0.39 is 9.76 Å². The van der Waals surface area contributed by atoms with Gasteiger partial charge in [0.2, 0.25) is 0 Å². The van der Waals surface area contributed by atoms with Crippen LogP contribution in [0.2, 0.25) is 0 Å². The number of carbonyl (C=O) groups is 1. The zero-order valence-corrected chi connectivity index (χ0v) is 9.46. The Kier molecular flexibility index (Phi) is 6.68. The van der Waals surface area contributed by atoms with Gasteiger partial charge in [0.25, 0.3) is 3.79 Å². The van der Waals surface area contributed by atoms with Gasteiger partial charge in [0.15, 0.2) is 0 Å². The van der Waals surface area contributed by atoms with Gasteiger partial charge in [-0.25, -0.2) is 4.79 Å². The fourth-order valence-electron chi connectivity index (χ4n) is 0. The monoisotopic (exact) mass is 301 g/mol. The first kappa shape index (κ1) is 12.2. The maximum atomic E-state index is 9.62. The number of carboxylic acids is 1. The molecular weight excluding hydrogens is 301 g/mol. The summed E-state index contributed by atoms with van der Waals surface area (Å²) < 4.78 is -2.17. The summed E-state index contributed by atoms with van der Waals surface area (Å²) in [5.41, 5.74) is 0. The molecule has 8 heavy (non-hydrogen) atoms. The molecule has 0 heterocycles. The number of halogens is 3. The molecule has 0 atom stereocenters. The molecule has 0 aliphatic carbocycles. The number of aliphatic carboxylic acids is 1. The van der Waals surface area contributed by atoms with E-state index in [1.165, 1.54) is 0 Å². The van der Waals surface area contributed by atoms with E-state index in [2.05, 4.69) is 0 Å². The van der Waals surface area contributed by atoms with E-state index in [1.807, 2.05) is 0 Å². The molecule has 0 rings (SSSR count). The normalized spacial score (nSPS) is 9.88. The van der Waals surface area contributed by atoms with Crippen LogP contribution in [0.15, 0.2) is 0 Å². The molecule has 0 unspecified atom stereocenters. The third-order valence-electron chi connectivity index (χ3n) is 0.243. The molecular formula is C2HCl3LaO2. The summed E-state index contributed by atoms with van der Waals surface area (Å²) in [6, 6.07) is 0. The molecule has 0 aliphatic rings. The molecule has 0 spiro atoms. The van der Waals surface area contributed by atoms with Crippen molar-refractivity contribution in [3.8, 4) is 0 Å². The smallest absolute Gasteiger partial charge is 0.356 e. The number of hydrogen-bond donors (Lipinski definition) is 1. The van der Waals surface area contributed by atoms with Crippen molar-refractivity contribution in [2.45, 2.75) is 3.79 Å². The van der Waals surface area contributed by atoms with E-state index in [0.717, 1.165) is 0 Å². The van der Waals surface area contributed by atoms with Crippen molar-refractivity contribution >= 4 is 40.8 Å². The van der Waals surface area contributed by atoms with Crippen LogP contribution in [-0.4, -0.2) is 14.9 Å². The molecule has 0 saturated heterocycles. The van der Waals surface area contributed by atoms with Crippen LogP contribution in [0.25, 0.3) is 0 Å². The van der Waals surface area contributed by atoms with Crippen LogP contribution < -0.4 is 0 Å². The fourth-order valence-corrected chi connectivity index (χ4v) is 0. The molecule has 0 bridgehead atoms. The minimum Gasteiger partial charge on any atom is -0.478 e. The Hall–Kier alpha value is 1.53. The second-order valence-electron chi connectivity index (χ2n) is 0.803. The van der Waals surface area contributed by atoms with Crippen LogP contribution in [0.5, 0.6) is 0 Å². The minimum absolute atomic E-state index is 0. The number of alkyl halides is 3. The summed E-state index contributed by atoms with van der Waals surface area (Å²) >= 11 is 14.4. The third kappa shape index (κ3) is 5.67. The maximum absolute atomic E-state index is 9.62. The predicted octanol–water partition coefficient (Wildman–Crippen LogP) is 1.44. The molecule has 0 aliphatic heterocycles. The first-order valence-electron chi connectivity index (χ1n) is 1.24. The molecule has 45 valence electrons. The van der Waals surface area contributed by atoms with Crippen LogP contribution in [0.3, 0.4) is 0 Å². The quantitative estimate of drug-likeness (QED) is 0.688. The van der Waals surface area contributed by atoms with Gasteiger partial charge in [0.1, 0.15) is 0 Å². The molecule has 6 heteroatoms. The fraction of sp³-hybridized carbons (Fsp3) is 0.500. The molecule has 0 fully saturated rings. The zero-order chi connectivity index (χ0) is 6.08. The molecule has 0 amide bonds. The van der Waals surface area contributed by atoms with Gasteiger partial charge in [-0.2, -0.15) is 0 Å². The van der Waals surface area contributed by atoms with E-state index >= 15 is 0 Å². The van der Waals surface area contributed by atoms with E-state index in [1.54, 1.807) is 0 Å². The first-order chi connectivity index (χ1) is 2.94. The van der Waals surface area contributed by atoms with Gasteiger partial charge in [0.05, 0.1) is 0 Å². The minimum atomic E-state index is -2.17. The number of carboxylic acid groups (broad SMARTS) is 1. The van der Waals surface area contributed by atoms with E-state index in [-0.39, 0.29) is 35.6 Å². The van der Waals surface area contributed by atoms with Crippen molar-refractivity contribution in [2.75, 3.05) is 0 Å². The summed E-state index contributed by atoms with van der Waals surface area (Å²) in [6.07, 6.45) is 0. The van der Waals surface area contributed by atoms with Gasteiger partial charge < -0.3 is 5.11 Å². The Balaban J connectivity index is 0. The van der Waals surface area contributed by atoms with Gasteiger partial charge in [-0.1, -0.05) is 34.8 Å². The Morgan fingerprint density at radius 1 is 1.38 bits per heavy atom. The maximum Gasteiger partial charge on any atom is 0.356 e. The van der Waals surface area contributed by atoms with Crippen molar-refractivity contribution in [2.24, 2.45) is 0 Å². The van der Waals surface area contributed by atoms with Gasteiger partial charge in [-0.15, -0.1) is 0 Å².